The second-order valence-corrected chi connectivity index (χ2v) is 8.66. The molecule has 1 saturated heterocycles. The Balaban J connectivity index is 1.79. The lowest BCUT2D eigenvalue weighted by Gasteiger charge is -2.26. The maximum absolute atomic E-state index is 14.2. The largest absolute Gasteiger partial charge is 0.457 e. The van der Waals surface area contributed by atoms with Crippen LogP contribution in [0.1, 0.15) is 35.2 Å². The number of carbonyl (C=O) groups excluding carboxylic acids is 1. The van der Waals surface area contributed by atoms with Crippen LogP contribution in [0.15, 0.2) is 47.4 Å². The van der Waals surface area contributed by atoms with Crippen LogP contribution in [0.25, 0.3) is 0 Å². The first-order valence-electron chi connectivity index (χ1n) is 8.59. The first-order valence-corrected chi connectivity index (χ1v) is 10.4. The molecule has 2 aromatic rings. The number of hydrogen-bond donors (Lipinski definition) is 0. The third kappa shape index (κ3) is 4.66. The van der Waals surface area contributed by atoms with E-state index < -0.39 is 26.7 Å². The van der Waals surface area contributed by atoms with Crippen LogP contribution in [0.3, 0.4) is 0 Å². The van der Waals surface area contributed by atoms with E-state index in [1.54, 1.807) is 24.3 Å². The molecule has 3 rings (SSSR count). The first-order chi connectivity index (χ1) is 12.9. The Morgan fingerprint density at radius 1 is 1.11 bits per heavy atom. The normalized spacial score (nSPS) is 15.5. The van der Waals surface area contributed by atoms with E-state index in [2.05, 4.69) is 0 Å². The van der Waals surface area contributed by atoms with Crippen LogP contribution in [0.5, 0.6) is 0 Å². The molecule has 27 heavy (non-hydrogen) atoms. The molecule has 0 bridgehead atoms. The lowest BCUT2D eigenvalue weighted by atomic mass is 10.2. The number of nitrogens with zero attached hydrogens (tertiary/aromatic N) is 1. The summed E-state index contributed by atoms with van der Waals surface area (Å²) in [5, 5.41) is 0.514. The molecule has 8 heteroatoms. The summed E-state index contributed by atoms with van der Waals surface area (Å²) in [4.78, 5) is 11.8. The quantitative estimate of drug-likeness (QED) is 0.697. The van der Waals surface area contributed by atoms with E-state index in [1.807, 2.05) is 0 Å². The Bertz CT molecular complexity index is 942. The van der Waals surface area contributed by atoms with Crippen molar-refractivity contribution in [3.8, 4) is 0 Å². The Morgan fingerprint density at radius 3 is 2.56 bits per heavy atom. The van der Waals surface area contributed by atoms with E-state index in [-0.39, 0.29) is 12.2 Å². The van der Waals surface area contributed by atoms with Crippen LogP contribution in [0.2, 0.25) is 5.02 Å². The minimum Gasteiger partial charge on any atom is -0.457 e. The van der Waals surface area contributed by atoms with Gasteiger partial charge in [0.25, 0.3) is 0 Å². The maximum Gasteiger partial charge on any atom is 0.338 e. The Hall–Kier alpha value is -1.96. The van der Waals surface area contributed by atoms with E-state index in [4.69, 9.17) is 16.3 Å². The predicted octanol–water partition coefficient (Wildman–Crippen LogP) is 4.01. The number of ether oxygens (including phenoxy) is 1. The van der Waals surface area contributed by atoms with Crippen molar-refractivity contribution in [2.24, 2.45) is 0 Å². The van der Waals surface area contributed by atoms with Crippen molar-refractivity contribution in [2.45, 2.75) is 30.8 Å². The van der Waals surface area contributed by atoms with Gasteiger partial charge in [-0.05, 0) is 48.7 Å². The lowest BCUT2D eigenvalue weighted by molar-refractivity contribution is 0.0472. The zero-order valence-corrected chi connectivity index (χ0v) is 16.1. The molecule has 5 nitrogen and oxygen atoms in total. The van der Waals surface area contributed by atoms with Gasteiger partial charge in [0.05, 0.1) is 5.56 Å². The molecule has 144 valence electrons. The fraction of sp³-hybridized carbons (Fsp3) is 0.316. The van der Waals surface area contributed by atoms with Gasteiger partial charge < -0.3 is 4.74 Å². The van der Waals surface area contributed by atoms with Gasteiger partial charge in [-0.1, -0.05) is 30.2 Å². The van der Waals surface area contributed by atoms with Gasteiger partial charge in [0, 0.05) is 18.1 Å². The third-order valence-corrected chi connectivity index (χ3v) is 6.51. The van der Waals surface area contributed by atoms with Crippen molar-refractivity contribution in [3.05, 3.63) is 64.4 Å². The first kappa shape index (κ1) is 19.8. The summed E-state index contributed by atoms with van der Waals surface area (Å²) in [6.07, 6.45) is 2.43. The van der Waals surface area contributed by atoms with Crippen molar-refractivity contribution in [3.63, 3.8) is 0 Å². The summed E-state index contributed by atoms with van der Waals surface area (Å²) in [5.41, 5.74) is 0.674. The van der Waals surface area contributed by atoms with E-state index >= 15 is 0 Å². The summed E-state index contributed by atoms with van der Waals surface area (Å²) in [7, 11) is -3.99. The van der Waals surface area contributed by atoms with E-state index in [9.17, 15) is 17.6 Å². The fourth-order valence-corrected chi connectivity index (χ4v) is 4.75. The number of sulfonamides is 1. The maximum atomic E-state index is 14.2. The van der Waals surface area contributed by atoms with Gasteiger partial charge in [0.1, 0.15) is 17.3 Å². The minimum absolute atomic E-state index is 0.0194. The van der Waals surface area contributed by atoms with Gasteiger partial charge in [-0.15, -0.1) is 0 Å². The van der Waals surface area contributed by atoms with Crippen LogP contribution >= 0.6 is 11.6 Å². The molecule has 1 heterocycles. The molecular weight excluding hydrogens is 393 g/mol. The van der Waals surface area contributed by atoms with Crippen molar-refractivity contribution < 1.29 is 22.3 Å². The average Bonchev–Trinajstić information content (AvgIpc) is 2.67. The minimum atomic E-state index is -3.99. The number of benzene rings is 2. The monoisotopic (exact) mass is 411 g/mol. The summed E-state index contributed by atoms with van der Waals surface area (Å²) in [5.74, 6) is -1.61. The molecule has 0 N–H and O–H groups in total. The molecule has 0 spiro atoms. The van der Waals surface area contributed by atoms with Crippen molar-refractivity contribution >= 4 is 27.6 Å². The molecule has 0 amide bonds. The molecule has 1 aliphatic heterocycles. The summed E-state index contributed by atoms with van der Waals surface area (Å²) < 4.78 is 46.1. The second-order valence-electron chi connectivity index (χ2n) is 6.32. The fourth-order valence-electron chi connectivity index (χ4n) is 2.93. The zero-order chi connectivity index (χ0) is 19.4. The van der Waals surface area contributed by atoms with Crippen LogP contribution in [-0.4, -0.2) is 31.8 Å². The highest BCUT2D eigenvalue weighted by molar-refractivity contribution is 7.89. The predicted molar refractivity (Wildman–Crippen MR) is 99.6 cm³/mol. The lowest BCUT2D eigenvalue weighted by Crippen LogP contribution is -2.36. The topological polar surface area (TPSA) is 63.7 Å². The smallest absolute Gasteiger partial charge is 0.338 e. The molecular formula is C19H19ClFNO4S. The van der Waals surface area contributed by atoms with E-state index in [0.717, 1.165) is 31.4 Å². The number of esters is 1. The molecule has 0 aromatic heterocycles. The highest BCUT2D eigenvalue weighted by Crippen LogP contribution is 2.24. The number of halogens is 2. The standard InChI is InChI=1S/C19H19ClFNO4S/c20-16-6-4-5-14(11-16)13-26-19(23)15-7-8-17(21)18(12-15)27(24,25)22-9-2-1-3-10-22/h4-8,11-12H,1-3,9-10,13H2. The molecule has 0 radical (unpaired) electrons. The SMILES string of the molecule is O=C(OCc1cccc(Cl)c1)c1ccc(F)c(S(=O)(=O)N2CCCCC2)c1. The van der Waals surface area contributed by atoms with E-state index in [0.29, 0.717) is 23.7 Å². The van der Waals surface area contributed by atoms with Crippen molar-refractivity contribution in [1.29, 1.82) is 0 Å². The van der Waals surface area contributed by atoms with Gasteiger partial charge >= 0.3 is 5.97 Å². The Morgan fingerprint density at radius 2 is 1.85 bits per heavy atom. The van der Waals surface area contributed by atoms with Gasteiger partial charge in [-0.2, -0.15) is 4.31 Å². The molecule has 0 aliphatic carbocycles. The van der Waals surface area contributed by atoms with Crippen LogP contribution < -0.4 is 0 Å². The van der Waals surface area contributed by atoms with Gasteiger partial charge in [0.15, 0.2) is 0 Å². The molecule has 0 saturated carbocycles. The highest BCUT2D eigenvalue weighted by atomic mass is 35.5. The Kier molecular flexibility index (Phi) is 6.14. The number of carbonyl (C=O) groups is 1. The molecule has 0 atom stereocenters. The summed E-state index contributed by atoms with van der Waals surface area (Å²) in [6, 6.07) is 10.1. The number of piperidine rings is 1. The molecule has 2 aromatic carbocycles. The second kappa shape index (κ2) is 8.37. The number of rotatable bonds is 5. The molecule has 1 fully saturated rings. The van der Waals surface area contributed by atoms with Crippen LogP contribution in [0, 0.1) is 5.82 Å². The summed E-state index contributed by atoms with van der Waals surface area (Å²) in [6.45, 7) is 0.682. The Labute approximate surface area is 162 Å². The van der Waals surface area contributed by atoms with Crippen LogP contribution in [0.4, 0.5) is 4.39 Å². The highest BCUT2D eigenvalue weighted by Gasteiger charge is 2.29. The van der Waals surface area contributed by atoms with Gasteiger partial charge in [-0.25, -0.2) is 17.6 Å². The van der Waals surface area contributed by atoms with Gasteiger partial charge in [-0.3, -0.25) is 0 Å². The van der Waals surface area contributed by atoms with E-state index in [1.165, 1.54) is 10.4 Å². The van der Waals surface area contributed by atoms with Crippen LogP contribution in [-0.2, 0) is 21.4 Å². The van der Waals surface area contributed by atoms with Gasteiger partial charge in [0.2, 0.25) is 10.0 Å². The van der Waals surface area contributed by atoms with Crippen molar-refractivity contribution in [2.75, 3.05) is 13.1 Å². The summed E-state index contributed by atoms with van der Waals surface area (Å²) >= 11 is 5.89. The third-order valence-electron chi connectivity index (χ3n) is 4.36. The number of hydrogen-bond acceptors (Lipinski definition) is 4. The molecule has 1 aliphatic rings. The van der Waals surface area contributed by atoms with Crippen molar-refractivity contribution in [1.82, 2.24) is 4.31 Å². The average molecular weight is 412 g/mol. The zero-order valence-electron chi connectivity index (χ0n) is 14.5. The molecule has 0 unspecified atom stereocenters.